The van der Waals surface area contributed by atoms with Crippen LogP contribution in [0.15, 0.2) is 48.9 Å². The third kappa shape index (κ3) is 2.18. The van der Waals surface area contributed by atoms with Crippen LogP contribution in [0.3, 0.4) is 0 Å². The molecule has 18 heavy (non-hydrogen) atoms. The van der Waals surface area contributed by atoms with E-state index >= 15 is 0 Å². The molecule has 3 aromatic rings. The van der Waals surface area contributed by atoms with Crippen molar-refractivity contribution >= 4 is 16.9 Å². The fraction of sp³-hybridized carbons (Fsp3) is 0.143. The smallest absolute Gasteiger partial charge is 0.222 e. The van der Waals surface area contributed by atoms with E-state index in [-0.39, 0.29) is 0 Å². The minimum atomic E-state index is 0.677. The molecule has 0 saturated heterocycles. The number of anilines is 1. The van der Waals surface area contributed by atoms with Gasteiger partial charge in [-0.25, -0.2) is 9.97 Å². The maximum atomic E-state index is 4.13. The predicted octanol–water partition coefficient (Wildman–Crippen LogP) is 2.61. The van der Waals surface area contributed by atoms with Crippen LogP contribution >= 0.6 is 0 Å². The minimum absolute atomic E-state index is 0.677. The Labute approximate surface area is 105 Å². The van der Waals surface area contributed by atoms with Gasteiger partial charge in [0.25, 0.3) is 0 Å². The van der Waals surface area contributed by atoms with Crippen LogP contribution < -0.4 is 5.32 Å². The Balaban J connectivity index is 1.68. The average molecular weight is 238 g/mol. The second-order valence-electron chi connectivity index (χ2n) is 4.11. The van der Waals surface area contributed by atoms with E-state index in [9.17, 15) is 0 Å². The van der Waals surface area contributed by atoms with Gasteiger partial charge in [-0.3, -0.25) is 0 Å². The Morgan fingerprint density at radius 1 is 1.06 bits per heavy atom. The lowest BCUT2D eigenvalue weighted by Gasteiger charge is -2.05. The molecule has 0 spiro atoms. The topological polar surface area (TPSA) is 53.6 Å². The van der Waals surface area contributed by atoms with Crippen LogP contribution in [0.25, 0.3) is 10.9 Å². The van der Waals surface area contributed by atoms with Gasteiger partial charge in [0.1, 0.15) is 0 Å². The van der Waals surface area contributed by atoms with Crippen molar-refractivity contribution in [1.29, 1.82) is 0 Å². The lowest BCUT2D eigenvalue weighted by Crippen LogP contribution is -2.07. The van der Waals surface area contributed by atoms with Gasteiger partial charge in [0.2, 0.25) is 5.95 Å². The van der Waals surface area contributed by atoms with Gasteiger partial charge in [0, 0.05) is 30.7 Å². The standard InChI is InChI=1S/C14H14N4/c1-3-11-5-9-15-13(11)12(4-1)6-10-18-14-16-7-2-8-17-14/h1-5,7-9,15H,6,10H2,(H,16,17,18). The molecule has 2 N–H and O–H groups in total. The molecule has 0 amide bonds. The summed E-state index contributed by atoms with van der Waals surface area (Å²) in [6.45, 7) is 0.822. The van der Waals surface area contributed by atoms with Crippen molar-refractivity contribution in [2.75, 3.05) is 11.9 Å². The molecule has 3 rings (SSSR count). The number of nitrogens with one attached hydrogen (secondary N) is 2. The van der Waals surface area contributed by atoms with Gasteiger partial charge >= 0.3 is 0 Å². The first-order chi connectivity index (χ1) is 8.93. The maximum Gasteiger partial charge on any atom is 0.222 e. The van der Waals surface area contributed by atoms with E-state index < -0.39 is 0 Å². The van der Waals surface area contributed by atoms with Crippen molar-refractivity contribution in [2.24, 2.45) is 0 Å². The first-order valence-electron chi connectivity index (χ1n) is 5.99. The van der Waals surface area contributed by atoms with Crippen LogP contribution in [-0.2, 0) is 6.42 Å². The molecule has 0 saturated carbocycles. The maximum absolute atomic E-state index is 4.13. The van der Waals surface area contributed by atoms with Gasteiger partial charge in [0.05, 0.1) is 0 Å². The summed E-state index contributed by atoms with van der Waals surface area (Å²) in [6.07, 6.45) is 6.39. The average Bonchev–Trinajstić information content (AvgIpc) is 2.89. The molecular weight excluding hydrogens is 224 g/mol. The number of hydrogen-bond donors (Lipinski definition) is 2. The van der Waals surface area contributed by atoms with Gasteiger partial charge in [0.15, 0.2) is 0 Å². The number of fused-ring (bicyclic) bond motifs is 1. The largest absolute Gasteiger partial charge is 0.361 e. The summed E-state index contributed by atoms with van der Waals surface area (Å²) in [5.74, 6) is 0.677. The molecule has 90 valence electrons. The number of hydrogen-bond acceptors (Lipinski definition) is 3. The molecule has 0 aliphatic rings. The van der Waals surface area contributed by atoms with Gasteiger partial charge in [-0.2, -0.15) is 0 Å². The Morgan fingerprint density at radius 2 is 1.94 bits per heavy atom. The first kappa shape index (κ1) is 10.8. The molecule has 2 aromatic heterocycles. The zero-order chi connectivity index (χ0) is 12.2. The van der Waals surface area contributed by atoms with Crippen molar-refractivity contribution in [1.82, 2.24) is 15.0 Å². The highest BCUT2D eigenvalue weighted by Crippen LogP contribution is 2.17. The lowest BCUT2D eigenvalue weighted by atomic mass is 10.1. The highest BCUT2D eigenvalue weighted by molar-refractivity contribution is 5.82. The fourth-order valence-corrected chi connectivity index (χ4v) is 2.06. The zero-order valence-corrected chi connectivity index (χ0v) is 9.93. The Morgan fingerprint density at radius 3 is 2.83 bits per heavy atom. The fourth-order valence-electron chi connectivity index (χ4n) is 2.06. The first-order valence-corrected chi connectivity index (χ1v) is 5.99. The Kier molecular flexibility index (Phi) is 2.92. The molecule has 0 bridgehead atoms. The molecule has 1 aromatic carbocycles. The number of aromatic nitrogens is 3. The quantitative estimate of drug-likeness (QED) is 0.734. The van der Waals surface area contributed by atoms with E-state index in [4.69, 9.17) is 0 Å². The number of benzene rings is 1. The second kappa shape index (κ2) is 4.87. The third-order valence-electron chi connectivity index (χ3n) is 2.92. The molecule has 0 unspecified atom stereocenters. The molecule has 4 nitrogen and oxygen atoms in total. The van der Waals surface area contributed by atoms with Gasteiger partial charge in [-0.05, 0) is 29.5 Å². The van der Waals surface area contributed by atoms with E-state index in [0.29, 0.717) is 5.95 Å². The molecule has 4 heteroatoms. The third-order valence-corrected chi connectivity index (χ3v) is 2.92. The molecule has 2 heterocycles. The lowest BCUT2D eigenvalue weighted by molar-refractivity contribution is 0.988. The predicted molar refractivity (Wildman–Crippen MR) is 72.5 cm³/mol. The van der Waals surface area contributed by atoms with E-state index in [1.165, 1.54) is 16.5 Å². The highest BCUT2D eigenvalue weighted by Gasteiger charge is 2.01. The summed E-state index contributed by atoms with van der Waals surface area (Å²) in [4.78, 5) is 11.5. The van der Waals surface area contributed by atoms with Crippen molar-refractivity contribution in [3.8, 4) is 0 Å². The molecular formula is C14H14N4. The number of aromatic amines is 1. The summed E-state index contributed by atoms with van der Waals surface area (Å²) in [7, 11) is 0. The Bertz CT molecular complexity index is 630. The van der Waals surface area contributed by atoms with Gasteiger partial charge in [-0.15, -0.1) is 0 Å². The van der Waals surface area contributed by atoms with Crippen LogP contribution in [0.5, 0.6) is 0 Å². The monoisotopic (exact) mass is 238 g/mol. The normalized spacial score (nSPS) is 10.7. The van der Waals surface area contributed by atoms with E-state index in [0.717, 1.165) is 13.0 Å². The van der Waals surface area contributed by atoms with Crippen molar-refractivity contribution in [3.63, 3.8) is 0 Å². The molecule has 0 fully saturated rings. The molecule has 0 atom stereocenters. The molecule has 0 aliphatic heterocycles. The summed E-state index contributed by atoms with van der Waals surface area (Å²) in [5, 5.41) is 4.47. The van der Waals surface area contributed by atoms with E-state index in [2.05, 4.69) is 44.5 Å². The van der Waals surface area contributed by atoms with Crippen LogP contribution in [0.1, 0.15) is 5.56 Å². The SMILES string of the molecule is c1cnc(NCCc2cccc3cc[nH]c23)nc1. The highest BCUT2D eigenvalue weighted by atomic mass is 15.1. The van der Waals surface area contributed by atoms with E-state index in [1.54, 1.807) is 12.4 Å². The van der Waals surface area contributed by atoms with Crippen LogP contribution in [0.4, 0.5) is 5.95 Å². The summed E-state index contributed by atoms with van der Waals surface area (Å²) in [6, 6.07) is 10.2. The van der Waals surface area contributed by atoms with Crippen molar-refractivity contribution in [3.05, 3.63) is 54.5 Å². The summed E-state index contributed by atoms with van der Waals surface area (Å²) in [5.41, 5.74) is 2.52. The number of H-pyrrole nitrogens is 1. The number of para-hydroxylation sites is 1. The molecule has 0 aliphatic carbocycles. The Hall–Kier alpha value is -2.36. The zero-order valence-electron chi connectivity index (χ0n) is 9.93. The summed E-state index contributed by atoms with van der Waals surface area (Å²) >= 11 is 0. The number of rotatable bonds is 4. The number of nitrogens with zero attached hydrogens (tertiary/aromatic N) is 2. The van der Waals surface area contributed by atoms with Crippen LogP contribution in [-0.4, -0.2) is 21.5 Å². The second-order valence-corrected chi connectivity index (χ2v) is 4.11. The van der Waals surface area contributed by atoms with Crippen LogP contribution in [0, 0.1) is 0 Å². The van der Waals surface area contributed by atoms with E-state index in [1.807, 2.05) is 12.3 Å². The van der Waals surface area contributed by atoms with Crippen LogP contribution in [0.2, 0.25) is 0 Å². The minimum Gasteiger partial charge on any atom is -0.361 e. The van der Waals surface area contributed by atoms with Crippen molar-refractivity contribution < 1.29 is 0 Å². The summed E-state index contributed by atoms with van der Waals surface area (Å²) < 4.78 is 0. The molecule has 0 radical (unpaired) electrons. The van der Waals surface area contributed by atoms with Gasteiger partial charge < -0.3 is 10.3 Å². The van der Waals surface area contributed by atoms with Gasteiger partial charge in [-0.1, -0.05) is 18.2 Å². The van der Waals surface area contributed by atoms with Crippen molar-refractivity contribution in [2.45, 2.75) is 6.42 Å².